The summed E-state index contributed by atoms with van der Waals surface area (Å²) in [7, 11) is 0. The van der Waals surface area contributed by atoms with Crippen LogP contribution in [0.25, 0.3) is 0 Å². The highest BCUT2D eigenvalue weighted by molar-refractivity contribution is 6.07. The predicted octanol–water partition coefficient (Wildman–Crippen LogP) is 4.55. The number of carbonyl (C=O) groups excluding carboxylic acids is 3. The molecule has 1 aliphatic carbocycles. The van der Waals surface area contributed by atoms with Crippen LogP contribution in [0.3, 0.4) is 0 Å². The third kappa shape index (κ3) is 6.68. The van der Waals surface area contributed by atoms with E-state index in [0.29, 0.717) is 37.7 Å². The standard InChI is InChI=1S/C25H34N2O4/c1-25(2,3)31-24(30)27-17-15-26(16-18-27)23(29)14-13-22(28)21-11-9-20(10-12-21)19-7-5-4-6-8-19/h9-14,19H,4-8,15-18H2,1-3H3/b14-13+. The van der Waals surface area contributed by atoms with Crippen molar-refractivity contribution in [1.82, 2.24) is 9.80 Å². The first-order valence-electron chi connectivity index (χ1n) is 11.3. The minimum atomic E-state index is -0.540. The Labute approximate surface area is 185 Å². The largest absolute Gasteiger partial charge is 0.444 e. The Hall–Kier alpha value is -2.63. The second kappa shape index (κ2) is 10.1. The highest BCUT2D eigenvalue weighted by Gasteiger charge is 2.27. The second-order valence-electron chi connectivity index (χ2n) is 9.45. The van der Waals surface area contributed by atoms with E-state index in [1.807, 2.05) is 32.9 Å². The van der Waals surface area contributed by atoms with Gasteiger partial charge in [-0.1, -0.05) is 43.5 Å². The van der Waals surface area contributed by atoms with Crippen molar-refractivity contribution in [3.8, 4) is 0 Å². The molecule has 1 saturated carbocycles. The molecule has 0 N–H and O–H groups in total. The first-order chi connectivity index (χ1) is 14.7. The summed E-state index contributed by atoms with van der Waals surface area (Å²) in [4.78, 5) is 40.3. The Bertz CT molecular complexity index is 809. The molecule has 0 atom stereocenters. The molecule has 0 spiro atoms. The quantitative estimate of drug-likeness (QED) is 0.523. The maximum Gasteiger partial charge on any atom is 0.410 e. The van der Waals surface area contributed by atoms with Crippen LogP contribution < -0.4 is 0 Å². The number of hydrogen-bond donors (Lipinski definition) is 0. The number of rotatable bonds is 4. The molecular formula is C25H34N2O4. The molecule has 1 heterocycles. The zero-order valence-corrected chi connectivity index (χ0v) is 18.9. The van der Waals surface area contributed by atoms with Crippen molar-refractivity contribution in [2.75, 3.05) is 26.2 Å². The lowest BCUT2D eigenvalue weighted by atomic mass is 9.84. The molecule has 6 heteroatoms. The van der Waals surface area contributed by atoms with Gasteiger partial charge in [-0.3, -0.25) is 9.59 Å². The summed E-state index contributed by atoms with van der Waals surface area (Å²) >= 11 is 0. The van der Waals surface area contributed by atoms with Crippen molar-refractivity contribution in [2.45, 2.75) is 64.4 Å². The fraction of sp³-hybridized carbons (Fsp3) is 0.560. The summed E-state index contributed by atoms with van der Waals surface area (Å²) in [5.74, 6) is 0.223. The highest BCUT2D eigenvalue weighted by atomic mass is 16.6. The molecule has 31 heavy (non-hydrogen) atoms. The summed E-state index contributed by atoms with van der Waals surface area (Å²) in [6, 6.07) is 7.82. The van der Waals surface area contributed by atoms with Crippen molar-refractivity contribution in [3.63, 3.8) is 0 Å². The maximum absolute atomic E-state index is 12.5. The Balaban J connectivity index is 1.48. The SMILES string of the molecule is CC(C)(C)OC(=O)N1CCN(C(=O)/C=C/C(=O)c2ccc(C3CCCCC3)cc2)CC1. The van der Waals surface area contributed by atoms with E-state index in [1.165, 1.54) is 49.8 Å². The third-order valence-corrected chi connectivity index (χ3v) is 5.89. The zero-order chi connectivity index (χ0) is 22.4. The van der Waals surface area contributed by atoms with E-state index in [0.717, 1.165) is 0 Å². The van der Waals surface area contributed by atoms with Gasteiger partial charge in [0.1, 0.15) is 5.60 Å². The van der Waals surface area contributed by atoms with Gasteiger partial charge in [0.2, 0.25) is 5.91 Å². The van der Waals surface area contributed by atoms with Crippen molar-refractivity contribution in [1.29, 1.82) is 0 Å². The van der Waals surface area contributed by atoms with Gasteiger partial charge in [-0.25, -0.2) is 4.79 Å². The molecule has 0 unspecified atom stereocenters. The van der Waals surface area contributed by atoms with Gasteiger partial charge in [0.05, 0.1) is 0 Å². The molecule has 1 aliphatic heterocycles. The summed E-state index contributed by atoms with van der Waals surface area (Å²) in [6.45, 7) is 7.18. The molecule has 0 radical (unpaired) electrons. The minimum Gasteiger partial charge on any atom is -0.444 e. The lowest BCUT2D eigenvalue weighted by Gasteiger charge is -2.35. The predicted molar refractivity (Wildman–Crippen MR) is 120 cm³/mol. The monoisotopic (exact) mass is 426 g/mol. The Morgan fingerprint density at radius 3 is 2.03 bits per heavy atom. The van der Waals surface area contributed by atoms with Gasteiger partial charge in [0.15, 0.2) is 5.78 Å². The van der Waals surface area contributed by atoms with E-state index in [-0.39, 0.29) is 17.8 Å². The summed E-state index contributed by atoms with van der Waals surface area (Å²) in [5.41, 5.74) is 1.36. The number of ketones is 1. The molecule has 2 amide bonds. The number of allylic oxidation sites excluding steroid dienone is 1. The lowest BCUT2D eigenvalue weighted by molar-refractivity contribution is -0.127. The number of carbonyl (C=O) groups is 3. The Morgan fingerprint density at radius 1 is 0.871 bits per heavy atom. The van der Waals surface area contributed by atoms with Crippen molar-refractivity contribution >= 4 is 17.8 Å². The minimum absolute atomic E-state index is 0.170. The van der Waals surface area contributed by atoms with Gasteiger partial charge < -0.3 is 14.5 Å². The zero-order valence-electron chi connectivity index (χ0n) is 18.9. The summed E-state index contributed by atoms with van der Waals surface area (Å²) in [6.07, 6.45) is 8.65. The molecule has 0 bridgehead atoms. The topological polar surface area (TPSA) is 66.9 Å². The van der Waals surface area contributed by atoms with E-state index in [2.05, 4.69) is 12.1 Å². The van der Waals surface area contributed by atoms with E-state index >= 15 is 0 Å². The van der Waals surface area contributed by atoms with Crippen LogP contribution >= 0.6 is 0 Å². The number of benzene rings is 1. The van der Waals surface area contributed by atoms with Crippen molar-refractivity contribution < 1.29 is 19.1 Å². The number of amides is 2. The Morgan fingerprint density at radius 2 is 1.45 bits per heavy atom. The highest BCUT2D eigenvalue weighted by Crippen LogP contribution is 2.32. The number of hydrogen-bond acceptors (Lipinski definition) is 4. The van der Waals surface area contributed by atoms with Crippen LogP contribution in [0, 0.1) is 0 Å². The fourth-order valence-electron chi connectivity index (χ4n) is 4.14. The molecule has 168 valence electrons. The average Bonchev–Trinajstić information content (AvgIpc) is 2.77. The van der Waals surface area contributed by atoms with Gasteiger partial charge in [-0.05, 0) is 51.2 Å². The van der Waals surface area contributed by atoms with Crippen LogP contribution in [0.5, 0.6) is 0 Å². The molecular weight excluding hydrogens is 392 g/mol. The molecule has 2 aliphatic rings. The first-order valence-corrected chi connectivity index (χ1v) is 11.3. The van der Waals surface area contributed by atoms with Gasteiger partial charge in [-0.15, -0.1) is 0 Å². The third-order valence-electron chi connectivity index (χ3n) is 5.89. The molecule has 2 fully saturated rings. The fourth-order valence-corrected chi connectivity index (χ4v) is 4.14. The number of nitrogens with zero attached hydrogens (tertiary/aromatic N) is 2. The van der Waals surface area contributed by atoms with Crippen molar-refractivity contribution in [3.05, 3.63) is 47.5 Å². The van der Waals surface area contributed by atoms with Gasteiger partial charge >= 0.3 is 6.09 Å². The molecule has 1 aromatic rings. The summed E-state index contributed by atoms with van der Waals surface area (Å²) < 4.78 is 5.37. The van der Waals surface area contributed by atoms with Crippen LogP contribution in [0.4, 0.5) is 4.79 Å². The van der Waals surface area contributed by atoms with Crippen LogP contribution in [0.15, 0.2) is 36.4 Å². The lowest BCUT2D eigenvalue weighted by Crippen LogP contribution is -2.51. The van der Waals surface area contributed by atoms with Crippen molar-refractivity contribution in [2.24, 2.45) is 0 Å². The van der Waals surface area contributed by atoms with E-state index in [1.54, 1.807) is 9.80 Å². The Kier molecular flexibility index (Phi) is 7.52. The second-order valence-corrected chi connectivity index (χ2v) is 9.45. The number of ether oxygens (including phenoxy) is 1. The number of piperazine rings is 1. The van der Waals surface area contributed by atoms with Crippen LogP contribution in [-0.2, 0) is 9.53 Å². The molecule has 6 nitrogen and oxygen atoms in total. The molecule has 1 saturated heterocycles. The normalized spacial score (nSPS) is 18.3. The molecule has 1 aromatic carbocycles. The van der Waals surface area contributed by atoms with E-state index in [9.17, 15) is 14.4 Å². The average molecular weight is 427 g/mol. The smallest absolute Gasteiger partial charge is 0.410 e. The van der Waals surface area contributed by atoms with Gasteiger partial charge in [0, 0.05) is 37.8 Å². The van der Waals surface area contributed by atoms with Crippen LogP contribution in [0.2, 0.25) is 0 Å². The molecule has 0 aromatic heterocycles. The van der Waals surface area contributed by atoms with Crippen LogP contribution in [-0.4, -0.2) is 59.4 Å². The van der Waals surface area contributed by atoms with E-state index < -0.39 is 5.60 Å². The first kappa shape index (κ1) is 23.0. The van der Waals surface area contributed by atoms with Gasteiger partial charge in [0.25, 0.3) is 0 Å². The summed E-state index contributed by atoms with van der Waals surface area (Å²) in [5, 5.41) is 0. The maximum atomic E-state index is 12.5. The van der Waals surface area contributed by atoms with Crippen LogP contribution in [0.1, 0.15) is 74.7 Å². The molecule has 3 rings (SSSR count). The van der Waals surface area contributed by atoms with Gasteiger partial charge in [-0.2, -0.15) is 0 Å². The van der Waals surface area contributed by atoms with E-state index in [4.69, 9.17) is 4.74 Å².